The van der Waals surface area contributed by atoms with Gasteiger partial charge in [-0.05, 0) is 30.4 Å². The quantitative estimate of drug-likeness (QED) is 0.875. The predicted octanol–water partition coefficient (Wildman–Crippen LogP) is 3.72. The van der Waals surface area contributed by atoms with E-state index in [0.717, 1.165) is 27.2 Å². The standard InChI is InChI=1S/C12H14BrN3S/c1-2-6-17-11-8-15-16(12(11)14)10-5-3-4-9(13)7-10/h3-5,7-8H,2,6,14H2,1H3. The van der Waals surface area contributed by atoms with Crippen molar-refractivity contribution in [3.05, 3.63) is 34.9 Å². The molecule has 1 aromatic heterocycles. The minimum Gasteiger partial charge on any atom is -0.383 e. The Kier molecular flexibility index (Phi) is 4.12. The Morgan fingerprint density at radius 3 is 3.00 bits per heavy atom. The molecule has 5 heteroatoms. The maximum absolute atomic E-state index is 6.09. The first kappa shape index (κ1) is 12.5. The van der Waals surface area contributed by atoms with Gasteiger partial charge in [0.1, 0.15) is 5.82 Å². The lowest BCUT2D eigenvalue weighted by molar-refractivity contribution is 0.890. The molecule has 0 unspecified atom stereocenters. The Bertz CT molecular complexity index is 510. The highest BCUT2D eigenvalue weighted by atomic mass is 79.9. The van der Waals surface area contributed by atoms with Gasteiger partial charge in [0.2, 0.25) is 0 Å². The molecule has 0 saturated heterocycles. The summed E-state index contributed by atoms with van der Waals surface area (Å²) in [6, 6.07) is 7.94. The van der Waals surface area contributed by atoms with Gasteiger partial charge >= 0.3 is 0 Å². The summed E-state index contributed by atoms with van der Waals surface area (Å²) in [6.07, 6.45) is 2.96. The van der Waals surface area contributed by atoms with E-state index in [1.807, 2.05) is 30.5 Å². The zero-order valence-electron chi connectivity index (χ0n) is 9.56. The number of nitrogens with zero attached hydrogens (tertiary/aromatic N) is 2. The van der Waals surface area contributed by atoms with Crippen molar-refractivity contribution < 1.29 is 0 Å². The smallest absolute Gasteiger partial charge is 0.140 e. The molecule has 2 aromatic rings. The maximum atomic E-state index is 6.09. The van der Waals surface area contributed by atoms with Crippen LogP contribution in [0.1, 0.15) is 13.3 Å². The molecular weight excluding hydrogens is 298 g/mol. The molecule has 3 nitrogen and oxygen atoms in total. The summed E-state index contributed by atoms with van der Waals surface area (Å²) >= 11 is 5.19. The largest absolute Gasteiger partial charge is 0.383 e. The number of hydrogen-bond donors (Lipinski definition) is 1. The van der Waals surface area contributed by atoms with Gasteiger partial charge in [0.15, 0.2) is 0 Å². The number of halogens is 1. The van der Waals surface area contributed by atoms with Gasteiger partial charge in [-0.25, -0.2) is 4.68 Å². The Balaban J connectivity index is 2.30. The van der Waals surface area contributed by atoms with E-state index in [-0.39, 0.29) is 0 Å². The summed E-state index contributed by atoms with van der Waals surface area (Å²) in [6.45, 7) is 2.15. The minimum atomic E-state index is 0.710. The maximum Gasteiger partial charge on any atom is 0.140 e. The highest BCUT2D eigenvalue weighted by Crippen LogP contribution is 2.27. The Morgan fingerprint density at radius 2 is 2.29 bits per heavy atom. The zero-order chi connectivity index (χ0) is 12.3. The van der Waals surface area contributed by atoms with E-state index in [2.05, 4.69) is 28.0 Å². The first-order valence-electron chi connectivity index (χ1n) is 5.44. The molecule has 0 saturated carbocycles. The molecule has 0 radical (unpaired) electrons. The molecule has 90 valence electrons. The number of rotatable bonds is 4. The van der Waals surface area contributed by atoms with E-state index in [0.29, 0.717) is 5.82 Å². The van der Waals surface area contributed by atoms with Gasteiger partial charge in [-0.3, -0.25) is 0 Å². The van der Waals surface area contributed by atoms with Gasteiger partial charge in [-0.2, -0.15) is 5.10 Å². The molecule has 0 fully saturated rings. The number of thioether (sulfide) groups is 1. The highest BCUT2D eigenvalue weighted by Gasteiger charge is 2.09. The molecule has 0 amide bonds. The van der Waals surface area contributed by atoms with Crippen LogP contribution in [0, 0.1) is 0 Å². The first-order chi connectivity index (χ1) is 8.22. The second-order valence-electron chi connectivity index (χ2n) is 3.63. The summed E-state index contributed by atoms with van der Waals surface area (Å²) in [7, 11) is 0. The molecule has 17 heavy (non-hydrogen) atoms. The molecular formula is C12H14BrN3S. The average Bonchev–Trinajstić information content (AvgIpc) is 2.68. The molecule has 2 N–H and O–H groups in total. The van der Waals surface area contributed by atoms with Gasteiger partial charge in [0.25, 0.3) is 0 Å². The molecule has 0 atom stereocenters. The Labute approximate surface area is 114 Å². The van der Waals surface area contributed by atoms with Crippen molar-refractivity contribution in [3.8, 4) is 5.69 Å². The normalized spacial score (nSPS) is 10.7. The second-order valence-corrected chi connectivity index (χ2v) is 5.69. The van der Waals surface area contributed by atoms with Gasteiger partial charge in [-0.1, -0.05) is 28.9 Å². The lowest BCUT2D eigenvalue weighted by Gasteiger charge is -2.05. The summed E-state index contributed by atoms with van der Waals surface area (Å²) < 4.78 is 2.79. The summed E-state index contributed by atoms with van der Waals surface area (Å²) in [5.41, 5.74) is 7.06. The van der Waals surface area contributed by atoms with Gasteiger partial charge < -0.3 is 5.73 Å². The molecule has 0 bridgehead atoms. The third kappa shape index (κ3) is 2.84. The van der Waals surface area contributed by atoms with Crippen LogP contribution < -0.4 is 5.73 Å². The van der Waals surface area contributed by atoms with E-state index in [1.54, 1.807) is 16.4 Å². The van der Waals surface area contributed by atoms with Crippen molar-refractivity contribution >= 4 is 33.5 Å². The van der Waals surface area contributed by atoms with Crippen LogP contribution in [0.3, 0.4) is 0 Å². The van der Waals surface area contributed by atoms with Crippen LogP contribution in [-0.2, 0) is 0 Å². The van der Waals surface area contributed by atoms with Crippen molar-refractivity contribution in [2.24, 2.45) is 0 Å². The molecule has 1 heterocycles. The number of nitrogens with two attached hydrogens (primary N) is 1. The van der Waals surface area contributed by atoms with Gasteiger partial charge in [0.05, 0.1) is 16.8 Å². The molecule has 2 rings (SSSR count). The molecule has 0 spiro atoms. The topological polar surface area (TPSA) is 43.8 Å². The van der Waals surface area contributed by atoms with Crippen LogP contribution in [0.25, 0.3) is 5.69 Å². The van der Waals surface area contributed by atoms with E-state index >= 15 is 0 Å². The van der Waals surface area contributed by atoms with Crippen molar-refractivity contribution in [1.29, 1.82) is 0 Å². The monoisotopic (exact) mass is 311 g/mol. The lowest BCUT2D eigenvalue weighted by Crippen LogP contribution is -2.01. The van der Waals surface area contributed by atoms with Crippen LogP contribution >= 0.6 is 27.7 Å². The fraction of sp³-hybridized carbons (Fsp3) is 0.250. The van der Waals surface area contributed by atoms with Crippen LogP contribution in [0.4, 0.5) is 5.82 Å². The fourth-order valence-electron chi connectivity index (χ4n) is 1.48. The average molecular weight is 312 g/mol. The predicted molar refractivity (Wildman–Crippen MR) is 76.7 cm³/mol. The van der Waals surface area contributed by atoms with E-state index in [9.17, 15) is 0 Å². The minimum absolute atomic E-state index is 0.710. The zero-order valence-corrected chi connectivity index (χ0v) is 12.0. The number of benzene rings is 1. The SMILES string of the molecule is CCCSc1cnn(-c2cccc(Br)c2)c1N. The molecule has 0 aliphatic rings. The first-order valence-corrected chi connectivity index (χ1v) is 7.22. The van der Waals surface area contributed by atoms with E-state index < -0.39 is 0 Å². The summed E-state index contributed by atoms with van der Waals surface area (Å²) in [4.78, 5) is 1.05. The second kappa shape index (κ2) is 5.60. The molecule has 1 aromatic carbocycles. The Morgan fingerprint density at radius 1 is 1.47 bits per heavy atom. The molecule has 0 aliphatic heterocycles. The number of aromatic nitrogens is 2. The highest BCUT2D eigenvalue weighted by molar-refractivity contribution is 9.10. The number of nitrogen functional groups attached to an aromatic ring is 1. The third-order valence-electron chi connectivity index (χ3n) is 2.29. The van der Waals surface area contributed by atoms with Crippen molar-refractivity contribution in [2.75, 3.05) is 11.5 Å². The van der Waals surface area contributed by atoms with Crippen LogP contribution in [0.5, 0.6) is 0 Å². The summed E-state index contributed by atoms with van der Waals surface area (Å²) in [5, 5.41) is 4.33. The molecule has 0 aliphatic carbocycles. The number of anilines is 1. The van der Waals surface area contributed by atoms with Crippen LogP contribution in [0.15, 0.2) is 39.8 Å². The van der Waals surface area contributed by atoms with Crippen LogP contribution in [-0.4, -0.2) is 15.5 Å². The number of hydrogen-bond acceptors (Lipinski definition) is 3. The third-order valence-corrected chi connectivity index (χ3v) is 4.02. The van der Waals surface area contributed by atoms with Crippen molar-refractivity contribution in [2.45, 2.75) is 18.2 Å². The lowest BCUT2D eigenvalue weighted by atomic mass is 10.3. The van der Waals surface area contributed by atoms with Gasteiger partial charge in [-0.15, -0.1) is 11.8 Å². The van der Waals surface area contributed by atoms with Crippen molar-refractivity contribution in [3.63, 3.8) is 0 Å². The fourth-order valence-corrected chi connectivity index (χ4v) is 2.65. The van der Waals surface area contributed by atoms with E-state index in [1.165, 1.54) is 0 Å². The van der Waals surface area contributed by atoms with Crippen molar-refractivity contribution in [1.82, 2.24) is 9.78 Å². The Hall–Kier alpha value is -0.940. The van der Waals surface area contributed by atoms with Gasteiger partial charge in [0, 0.05) is 4.47 Å². The van der Waals surface area contributed by atoms with E-state index in [4.69, 9.17) is 5.73 Å². The summed E-state index contributed by atoms with van der Waals surface area (Å²) in [5.74, 6) is 1.77. The van der Waals surface area contributed by atoms with Crippen LogP contribution in [0.2, 0.25) is 0 Å².